The van der Waals surface area contributed by atoms with E-state index in [1.54, 1.807) is 0 Å². The highest BCUT2D eigenvalue weighted by Gasteiger charge is 2.09. The predicted octanol–water partition coefficient (Wildman–Crippen LogP) is 2.04. The first-order chi connectivity index (χ1) is 6.18. The third-order valence-electron chi connectivity index (χ3n) is 1.53. The van der Waals surface area contributed by atoms with Gasteiger partial charge in [0.05, 0.1) is 10.9 Å². The largest absolute Gasteiger partial charge is 0.478 e. The molecule has 0 saturated carbocycles. The number of carboxylic acid groups (broad SMARTS) is 1. The van der Waals surface area contributed by atoms with Crippen LogP contribution in [0.5, 0.6) is 0 Å². The zero-order valence-electron chi connectivity index (χ0n) is 6.19. The SMILES string of the molecule is O=C(O)c1cnc2snc(Cl)c2c1. The summed E-state index contributed by atoms with van der Waals surface area (Å²) in [6, 6.07) is 1.47. The Balaban J connectivity index is 2.72. The normalized spacial score (nSPS) is 10.5. The zero-order valence-corrected chi connectivity index (χ0v) is 7.76. The van der Waals surface area contributed by atoms with Gasteiger partial charge in [-0.1, -0.05) is 11.6 Å². The highest BCUT2D eigenvalue weighted by atomic mass is 35.5. The van der Waals surface area contributed by atoms with Gasteiger partial charge in [-0.15, -0.1) is 0 Å². The van der Waals surface area contributed by atoms with Gasteiger partial charge in [0, 0.05) is 6.20 Å². The Hall–Kier alpha value is -1.20. The molecule has 0 aliphatic rings. The molecule has 0 bridgehead atoms. The maximum atomic E-state index is 10.6. The number of aromatic carboxylic acids is 1. The van der Waals surface area contributed by atoms with Gasteiger partial charge < -0.3 is 5.11 Å². The van der Waals surface area contributed by atoms with Crippen molar-refractivity contribution >= 4 is 39.3 Å². The molecule has 2 rings (SSSR count). The van der Waals surface area contributed by atoms with Crippen LogP contribution in [0.25, 0.3) is 10.2 Å². The molecule has 6 heteroatoms. The molecular formula is C7H3ClN2O2S. The van der Waals surface area contributed by atoms with E-state index in [2.05, 4.69) is 9.36 Å². The molecule has 2 heterocycles. The Bertz CT molecular complexity index is 482. The third kappa shape index (κ3) is 1.36. The van der Waals surface area contributed by atoms with Crippen LogP contribution >= 0.6 is 23.1 Å². The van der Waals surface area contributed by atoms with Crippen molar-refractivity contribution in [1.82, 2.24) is 9.36 Å². The van der Waals surface area contributed by atoms with Gasteiger partial charge in [0.1, 0.15) is 4.83 Å². The van der Waals surface area contributed by atoms with Crippen LogP contribution in [-0.4, -0.2) is 20.4 Å². The summed E-state index contributed by atoms with van der Waals surface area (Å²) >= 11 is 6.86. The lowest BCUT2D eigenvalue weighted by atomic mass is 10.2. The number of halogens is 1. The summed E-state index contributed by atoms with van der Waals surface area (Å²) in [7, 11) is 0. The van der Waals surface area contributed by atoms with E-state index in [4.69, 9.17) is 16.7 Å². The van der Waals surface area contributed by atoms with E-state index >= 15 is 0 Å². The molecule has 0 amide bonds. The van der Waals surface area contributed by atoms with E-state index < -0.39 is 5.97 Å². The van der Waals surface area contributed by atoms with Crippen molar-refractivity contribution in [2.45, 2.75) is 0 Å². The molecule has 0 radical (unpaired) electrons. The molecule has 0 aromatic carbocycles. The summed E-state index contributed by atoms with van der Waals surface area (Å²) < 4.78 is 3.85. The number of carbonyl (C=O) groups is 1. The fraction of sp³-hybridized carbons (Fsp3) is 0. The van der Waals surface area contributed by atoms with Crippen LogP contribution in [0, 0.1) is 0 Å². The van der Waals surface area contributed by atoms with Crippen LogP contribution in [0.3, 0.4) is 0 Å². The Morgan fingerprint density at radius 1 is 1.62 bits per heavy atom. The van der Waals surface area contributed by atoms with Gasteiger partial charge in [0.2, 0.25) is 0 Å². The van der Waals surface area contributed by atoms with Crippen molar-refractivity contribution < 1.29 is 9.90 Å². The molecule has 0 spiro atoms. The van der Waals surface area contributed by atoms with Crippen molar-refractivity contribution in [3.8, 4) is 0 Å². The van der Waals surface area contributed by atoms with Crippen LogP contribution in [0.2, 0.25) is 5.15 Å². The van der Waals surface area contributed by atoms with E-state index in [1.807, 2.05) is 0 Å². The monoisotopic (exact) mass is 214 g/mol. The fourth-order valence-corrected chi connectivity index (χ4v) is 1.84. The molecule has 13 heavy (non-hydrogen) atoms. The van der Waals surface area contributed by atoms with Crippen molar-refractivity contribution in [3.63, 3.8) is 0 Å². The molecule has 0 aliphatic heterocycles. The number of hydrogen-bond donors (Lipinski definition) is 1. The number of nitrogens with zero attached hydrogens (tertiary/aromatic N) is 2. The summed E-state index contributed by atoms with van der Waals surface area (Å²) in [6.07, 6.45) is 1.29. The standard InChI is InChI=1S/C7H3ClN2O2S/c8-5-4-1-3(7(11)12)2-9-6(4)13-10-5/h1-2H,(H,11,12). The lowest BCUT2D eigenvalue weighted by molar-refractivity contribution is 0.0696. The second kappa shape index (κ2) is 2.93. The zero-order chi connectivity index (χ0) is 9.42. The van der Waals surface area contributed by atoms with Gasteiger partial charge in [0.25, 0.3) is 0 Å². The summed E-state index contributed by atoms with van der Waals surface area (Å²) in [6.45, 7) is 0. The first-order valence-electron chi connectivity index (χ1n) is 3.32. The minimum absolute atomic E-state index is 0.120. The highest BCUT2D eigenvalue weighted by Crippen LogP contribution is 2.25. The summed E-state index contributed by atoms with van der Waals surface area (Å²) in [5, 5.41) is 9.56. The van der Waals surface area contributed by atoms with E-state index in [1.165, 1.54) is 12.3 Å². The summed E-state index contributed by atoms with van der Waals surface area (Å²) in [4.78, 5) is 15.1. The average Bonchev–Trinajstić information content (AvgIpc) is 2.47. The van der Waals surface area contributed by atoms with Gasteiger partial charge in [-0.3, -0.25) is 0 Å². The topological polar surface area (TPSA) is 63.1 Å². The van der Waals surface area contributed by atoms with Gasteiger partial charge in [0.15, 0.2) is 5.15 Å². The second-order valence-corrected chi connectivity index (χ2v) is 3.47. The minimum atomic E-state index is -1.02. The summed E-state index contributed by atoms with van der Waals surface area (Å²) in [5.74, 6) is -1.02. The van der Waals surface area contributed by atoms with Crippen LogP contribution in [0.15, 0.2) is 12.3 Å². The number of carboxylic acids is 1. The van der Waals surface area contributed by atoms with Gasteiger partial charge in [-0.25, -0.2) is 9.78 Å². The van der Waals surface area contributed by atoms with Crippen LogP contribution in [0.4, 0.5) is 0 Å². The lowest BCUT2D eigenvalue weighted by Crippen LogP contribution is -1.95. The molecule has 0 atom stereocenters. The highest BCUT2D eigenvalue weighted by molar-refractivity contribution is 7.13. The second-order valence-electron chi connectivity index (χ2n) is 2.36. The maximum Gasteiger partial charge on any atom is 0.337 e. The molecule has 66 valence electrons. The van der Waals surface area contributed by atoms with Gasteiger partial charge in [-0.2, -0.15) is 4.37 Å². The molecule has 0 unspecified atom stereocenters. The number of pyridine rings is 1. The van der Waals surface area contributed by atoms with Crippen LogP contribution in [0.1, 0.15) is 10.4 Å². The van der Waals surface area contributed by atoms with E-state index in [-0.39, 0.29) is 5.56 Å². The molecule has 0 aliphatic carbocycles. The number of fused-ring (bicyclic) bond motifs is 1. The van der Waals surface area contributed by atoms with E-state index in [0.29, 0.717) is 15.4 Å². The van der Waals surface area contributed by atoms with Crippen LogP contribution in [-0.2, 0) is 0 Å². The predicted molar refractivity (Wildman–Crippen MR) is 49.4 cm³/mol. The molecule has 0 fully saturated rings. The van der Waals surface area contributed by atoms with Crippen molar-refractivity contribution in [2.75, 3.05) is 0 Å². The quantitative estimate of drug-likeness (QED) is 0.789. The van der Waals surface area contributed by atoms with Crippen molar-refractivity contribution in [1.29, 1.82) is 0 Å². The number of rotatable bonds is 1. The molecule has 2 aromatic heterocycles. The number of hydrogen-bond acceptors (Lipinski definition) is 4. The Kier molecular flexibility index (Phi) is 1.90. The minimum Gasteiger partial charge on any atom is -0.478 e. The molecule has 4 nitrogen and oxygen atoms in total. The van der Waals surface area contributed by atoms with Crippen molar-refractivity contribution in [2.24, 2.45) is 0 Å². The molecular weight excluding hydrogens is 212 g/mol. The number of aromatic nitrogens is 2. The van der Waals surface area contributed by atoms with Crippen molar-refractivity contribution in [3.05, 3.63) is 23.0 Å². The maximum absolute atomic E-state index is 10.6. The van der Waals surface area contributed by atoms with E-state index in [0.717, 1.165) is 11.5 Å². The first kappa shape index (κ1) is 8.40. The molecule has 0 saturated heterocycles. The third-order valence-corrected chi connectivity index (χ3v) is 2.69. The Morgan fingerprint density at radius 2 is 2.38 bits per heavy atom. The first-order valence-corrected chi connectivity index (χ1v) is 4.48. The average molecular weight is 215 g/mol. The Morgan fingerprint density at radius 3 is 3.08 bits per heavy atom. The van der Waals surface area contributed by atoms with Crippen LogP contribution < -0.4 is 0 Å². The smallest absolute Gasteiger partial charge is 0.337 e. The van der Waals surface area contributed by atoms with Gasteiger partial charge in [-0.05, 0) is 17.6 Å². The summed E-state index contributed by atoms with van der Waals surface area (Å²) in [5.41, 5.74) is 0.120. The fourth-order valence-electron chi connectivity index (χ4n) is 0.922. The van der Waals surface area contributed by atoms with Gasteiger partial charge >= 0.3 is 5.97 Å². The molecule has 1 N–H and O–H groups in total. The van der Waals surface area contributed by atoms with E-state index in [9.17, 15) is 4.79 Å². The lowest BCUT2D eigenvalue weighted by Gasteiger charge is -1.92. The Labute approximate surface area is 82.0 Å². The molecule has 2 aromatic rings.